The van der Waals surface area contributed by atoms with Crippen LogP contribution in [0.3, 0.4) is 0 Å². The molecule has 1 unspecified atom stereocenters. The molecule has 4 nitrogen and oxygen atoms in total. The lowest BCUT2D eigenvalue weighted by Crippen LogP contribution is -2.27. The third-order valence-electron chi connectivity index (χ3n) is 3.49. The zero-order chi connectivity index (χ0) is 16.7. The average molecular weight is 317 g/mol. The van der Waals surface area contributed by atoms with Crippen LogP contribution in [0.2, 0.25) is 0 Å². The summed E-state index contributed by atoms with van der Waals surface area (Å²) in [4.78, 5) is 11.9. The van der Waals surface area contributed by atoms with Crippen molar-refractivity contribution in [3.05, 3.63) is 65.5 Å². The van der Waals surface area contributed by atoms with Crippen LogP contribution in [0, 0.1) is 5.82 Å². The number of hydrogen-bond acceptors (Lipinski definition) is 3. The Labute approximate surface area is 134 Å². The summed E-state index contributed by atoms with van der Waals surface area (Å²) in [5, 5.41) is 12.8. The SMILES string of the molecule is COc1cccc(CC(=O)NCCC(O)c2ccc(F)cc2)c1. The topological polar surface area (TPSA) is 58.6 Å². The maximum atomic E-state index is 12.8. The molecule has 0 aliphatic heterocycles. The van der Waals surface area contributed by atoms with Crippen molar-refractivity contribution in [1.82, 2.24) is 5.32 Å². The van der Waals surface area contributed by atoms with Crippen LogP contribution in [-0.4, -0.2) is 24.7 Å². The molecule has 2 N–H and O–H groups in total. The van der Waals surface area contributed by atoms with E-state index in [4.69, 9.17) is 4.74 Å². The highest BCUT2D eigenvalue weighted by Gasteiger charge is 2.09. The Hall–Kier alpha value is -2.40. The normalized spacial score (nSPS) is 11.8. The number of ether oxygens (including phenoxy) is 1. The Bertz CT molecular complexity index is 643. The highest BCUT2D eigenvalue weighted by molar-refractivity contribution is 5.78. The quantitative estimate of drug-likeness (QED) is 0.825. The lowest BCUT2D eigenvalue weighted by Gasteiger charge is -2.12. The molecule has 0 radical (unpaired) electrons. The van der Waals surface area contributed by atoms with Gasteiger partial charge >= 0.3 is 0 Å². The molecule has 0 aliphatic carbocycles. The molecule has 0 aliphatic rings. The number of nitrogens with one attached hydrogen (secondary N) is 1. The van der Waals surface area contributed by atoms with Gasteiger partial charge < -0.3 is 15.2 Å². The van der Waals surface area contributed by atoms with Crippen LogP contribution in [0.5, 0.6) is 5.75 Å². The third kappa shape index (κ3) is 5.38. The molecule has 0 saturated carbocycles. The summed E-state index contributed by atoms with van der Waals surface area (Å²) in [5.74, 6) is 0.249. The number of methoxy groups -OCH3 is 1. The number of aliphatic hydroxyl groups is 1. The summed E-state index contributed by atoms with van der Waals surface area (Å²) >= 11 is 0. The van der Waals surface area contributed by atoms with Gasteiger partial charge in [0.2, 0.25) is 5.91 Å². The van der Waals surface area contributed by atoms with E-state index in [1.807, 2.05) is 24.3 Å². The van der Waals surface area contributed by atoms with Gasteiger partial charge in [-0.3, -0.25) is 4.79 Å². The van der Waals surface area contributed by atoms with Gasteiger partial charge in [-0.15, -0.1) is 0 Å². The average Bonchev–Trinajstić information content (AvgIpc) is 2.55. The maximum Gasteiger partial charge on any atom is 0.224 e. The van der Waals surface area contributed by atoms with E-state index in [0.717, 1.165) is 5.56 Å². The Morgan fingerprint density at radius 1 is 1.26 bits per heavy atom. The van der Waals surface area contributed by atoms with Crippen molar-refractivity contribution >= 4 is 5.91 Å². The van der Waals surface area contributed by atoms with E-state index >= 15 is 0 Å². The van der Waals surface area contributed by atoms with Gasteiger partial charge in [-0.2, -0.15) is 0 Å². The number of halogens is 1. The van der Waals surface area contributed by atoms with Crippen LogP contribution < -0.4 is 10.1 Å². The third-order valence-corrected chi connectivity index (χ3v) is 3.49. The van der Waals surface area contributed by atoms with Gasteiger partial charge in [0, 0.05) is 6.54 Å². The summed E-state index contributed by atoms with van der Waals surface area (Å²) < 4.78 is 17.9. The Kier molecular flexibility index (Phi) is 6.11. The fourth-order valence-electron chi connectivity index (χ4n) is 2.23. The van der Waals surface area contributed by atoms with Gasteiger partial charge in [-0.05, 0) is 41.8 Å². The predicted octanol–water partition coefficient (Wildman–Crippen LogP) is 2.62. The van der Waals surface area contributed by atoms with E-state index in [1.165, 1.54) is 24.3 Å². The molecule has 0 bridgehead atoms. The van der Waals surface area contributed by atoms with Gasteiger partial charge in [-0.25, -0.2) is 4.39 Å². The predicted molar refractivity (Wildman–Crippen MR) is 85.7 cm³/mol. The molecule has 0 fully saturated rings. The smallest absolute Gasteiger partial charge is 0.224 e. The summed E-state index contributed by atoms with van der Waals surface area (Å²) in [7, 11) is 1.58. The molecular weight excluding hydrogens is 297 g/mol. The molecule has 2 aromatic rings. The Morgan fingerprint density at radius 3 is 2.70 bits per heavy atom. The number of aliphatic hydroxyl groups excluding tert-OH is 1. The summed E-state index contributed by atoms with van der Waals surface area (Å²) in [5.41, 5.74) is 1.49. The number of rotatable bonds is 7. The van der Waals surface area contributed by atoms with Gasteiger partial charge in [0.15, 0.2) is 0 Å². The van der Waals surface area contributed by atoms with E-state index in [2.05, 4.69) is 5.32 Å². The molecule has 1 amide bonds. The van der Waals surface area contributed by atoms with Gasteiger partial charge in [0.25, 0.3) is 0 Å². The Balaban J connectivity index is 1.76. The summed E-state index contributed by atoms with van der Waals surface area (Å²) in [6.45, 7) is 0.349. The zero-order valence-corrected chi connectivity index (χ0v) is 13.0. The molecule has 122 valence electrons. The molecule has 0 spiro atoms. The molecule has 1 atom stereocenters. The molecule has 23 heavy (non-hydrogen) atoms. The number of carbonyl (C=O) groups excluding carboxylic acids is 1. The lowest BCUT2D eigenvalue weighted by atomic mass is 10.1. The fraction of sp³-hybridized carbons (Fsp3) is 0.278. The van der Waals surface area contributed by atoms with Crippen LogP contribution in [0.4, 0.5) is 4.39 Å². The summed E-state index contributed by atoms with van der Waals surface area (Å²) in [6, 6.07) is 13.0. The molecule has 0 heterocycles. The first-order chi connectivity index (χ1) is 11.1. The van der Waals surface area contributed by atoms with E-state index < -0.39 is 6.10 Å². The molecule has 0 aromatic heterocycles. The van der Waals surface area contributed by atoms with Crippen LogP contribution in [0.15, 0.2) is 48.5 Å². The summed E-state index contributed by atoms with van der Waals surface area (Å²) in [6.07, 6.45) is -0.105. The minimum Gasteiger partial charge on any atom is -0.497 e. The highest BCUT2D eigenvalue weighted by atomic mass is 19.1. The molecule has 0 saturated heterocycles. The van der Waals surface area contributed by atoms with Crippen LogP contribution in [-0.2, 0) is 11.2 Å². The minimum absolute atomic E-state index is 0.121. The van der Waals surface area contributed by atoms with E-state index in [1.54, 1.807) is 7.11 Å². The second kappa shape index (κ2) is 8.29. The standard InChI is InChI=1S/C18H20FNO3/c1-23-16-4-2-3-13(11-16)12-18(22)20-10-9-17(21)14-5-7-15(19)8-6-14/h2-8,11,17,21H,9-10,12H2,1H3,(H,20,22). The van der Waals surface area contributed by atoms with Crippen LogP contribution in [0.1, 0.15) is 23.7 Å². The van der Waals surface area contributed by atoms with Crippen molar-refractivity contribution in [2.45, 2.75) is 18.9 Å². The fourth-order valence-corrected chi connectivity index (χ4v) is 2.23. The maximum absolute atomic E-state index is 12.8. The van der Waals surface area contributed by atoms with Gasteiger partial charge in [0.1, 0.15) is 11.6 Å². The number of amides is 1. The van der Waals surface area contributed by atoms with Crippen molar-refractivity contribution in [2.75, 3.05) is 13.7 Å². The first kappa shape index (κ1) is 17.0. The Morgan fingerprint density at radius 2 is 2.00 bits per heavy atom. The van der Waals surface area contributed by atoms with E-state index in [0.29, 0.717) is 24.3 Å². The second-order valence-electron chi connectivity index (χ2n) is 5.23. The lowest BCUT2D eigenvalue weighted by molar-refractivity contribution is -0.120. The molecule has 5 heteroatoms. The first-order valence-corrected chi connectivity index (χ1v) is 7.41. The van der Waals surface area contributed by atoms with Crippen molar-refractivity contribution < 1.29 is 19.0 Å². The van der Waals surface area contributed by atoms with Crippen molar-refractivity contribution in [2.24, 2.45) is 0 Å². The largest absolute Gasteiger partial charge is 0.497 e. The monoisotopic (exact) mass is 317 g/mol. The molecule has 2 rings (SSSR count). The van der Waals surface area contributed by atoms with Gasteiger partial charge in [-0.1, -0.05) is 24.3 Å². The zero-order valence-electron chi connectivity index (χ0n) is 13.0. The van der Waals surface area contributed by atoms with E-state index in [9.17, 15) is 14.3 Å². The van der Waals surface area contributed by atoms with Gasteiger partial charge in [0.05, 0.1) is 19.6 Å². The second-order valence-corrected chi connectivity index (χ2v) is 5.23. The van der Waals surface area contributed by atoms with Crippen molar-refractivity contribution in [3.8, 4) is 5.75 Å². The molecular formula is C18H20FNO3. The number of hydrogen-bond donors (Lipinski definition) is 2. The number of carbonyl (C=O) groups is 1. The molecule has 2 aromatic carbocycles. The minimum atomic E-state index is -0.729. The van der Waals surface area contributed by atoms with Crippen molar-refractivity contribution in [1.29, 1.82) is 0 Å². The van der Waals surface area contributed by atoms with E-state index in [-0.39, 0.29) is 18.1 Å². The number of benzene rings is 2. The van der Waals surface area contributed by atoms with Crippen LogP contribution >= 0.6 is 0 Å². The van der Waals surface area contributed by atoms with Crippen LogP contribution in [0.25, 0.3) is 0 Å². The first-order valence-electron chi connectivity index (χ1n) is 7.41. The highest BCUT2D eigenvalue weighted by Crippen LogP contribution is 2.16. The van der Waals surface area contributed by atoms with Crippen molar-refractivity contribution in [3.63, 3.8) is 0 Å².